The van der Waals surface area contributed by atoms with Crippen LogP contribution in [0.25, 0.3) is 0 Å². The molecular weight excluding hydrogens is 1070 g/mol. The topological polar surface area (TPSA) is 73.8 Å². The Morgan fingerprint density at radius 2 is 0.463 bits per heavy atom. The summed E-state index contributed by atoms with van der Waals surface area (Å²) in [5, 5.41) is 5.33. The summed E-state index contributed by atoms with van der Waals surface area (Å²) in [6, 6.07) is 96.4. The highest BCUT2D eigenvalue weighted by Gasteiger charge is 2.56. The van der Waals surface area contributed by atoms with Gasteiger partial charge in [-0.3, -0.25) is 0 Å². The Morgan fingerprint density at radius 1 is 0.268 bits per heavy atom. The Labute approximate surface area is 489 Å². The van der Waals surface area contributed by atoms with Crippen LogP contribution < -0.4 is 20.7 Å². The van der Waals surface area contributed by atoms with Crippen molar-refractivity contribution in [2.75, 3.05) is 13.2 Å². The van der Waals surface area contributed by atoms with Crippen LogP contribution in [0.3, 0.4) is 0 Å². The Kier molecular flexibility index (Phi) is 21.6. The first kappa shape index (κ1) is 58.7. The minimum atomic E-state index is -2.38. The van der Waals surface area contributed by atoms with Gasteiger partial charge in [-0.1, -0.05) is 307 Å². The summed E-state index contributed by atoms with van der Waals surface area (Å²) in [5.41, 5.74) is 5.04. The fourth-order valence-corrected chi connectivity index (χ4v) is 19.0. The van der Waals surface area contributed by atoms with E-state index in [1.54, 1.807) is 0 Å². The van der Waals surface area contributed by atoms with Crippen molar-refractivity contribution in [2.45, 2.75) is 94.8 Å². The second-order valence-corrected chi connectivity index (χ2v) is 31.2. The van der Waals surface area contributed by atoms with E-state index in [2.05, 4.69) is 195 Å². The van der Waals surface area contributed by atoms with Gasteiger partial charge in [0.1, 0.15) is 52.8 Å². The Bertz CT molecular complexity index is 2920. The van der Waals surface area contributed by atoms with Gasteiger partial charge in [0, 0.05) is 0 Å². The minimum Gasteiger partial charge on any atom is -0.368 e. The molecule has 0 aliphatic heterocycles. The Balaban J connectivity index is 1.08. The SMILES string of the molecule is C[Si](CCOP(OCC[Si](C)(c1ccccc1)c1ccccc1)OC1[C@@H](OCc2ccccc2)[C@H](OCc2ccccc2)C(OCc2ccccc2)[C@H](OCc2ccccc2)[C@@H]1OCc1ccccc1)(c1ccccc1)c1ccccc1. The molecule has 9 aromatic carbocycles. The van der Waals surface area contributed by atoms with Crippen LogP contribution in [0.2, 0.25) is 25.2 Å². The highest BCUT2D eigenvalue weighted by molar-refractivity contribution is 7.41. The first-order chi connectivity index (χ1) is 40.4. The maximum atomic E-state index is 7.71. The lowest BCUT2D eigenvalue weighted by atomic mass is 9.83. The molecule has 2 unspecified atom stereocenters. The second-order valence-electron chi connectivity index (χ2n) is 21.4. The molecule has 0 N–H and O–H groups in total. The van der Waals surface area contributed by atoms with Gasteiger partial charge >= 0.3 is 8.60 Å². The van der Waals surface area contributed by atoms with Crippen molar-refractivity contribution in [3.63, 3.8) is 0 Å². The molecule has 82 heavy (non-hydrogen) atoms. The first-order valence-corrected chi connectivity index (χ1v) is 35.2. The molecule has 10 rings (SSSR count). The number of hydrogen-bond acceptors (Lipinski definition) is 8. The molecule has 0 radical (unpaired) electrons. The van der Waals surface area contributed by atoms with Crippen molar-refractivity contribution in [3.8, 4) is 0 Å². The molecule has 0 amide bonds. The maximum Gasteiger partial charge on any atom is 0.333 e. The molecule has 1 aliphatic rings. The zero-order valence-corrected chi connectivity index (χ0v) is 49.9. The largest absolute Gasteiger partial charge is 0.368 e. The van der Waals surface area contributed by atoms with Crippen LogP contribution in [0.15, 0.2) is 273 Å². The standard InChI is InChI=1S/C71H75O8PSi2/c1-81(62-40-22-8-23-41-62,63-42-24-9-25-43-63)50-48-77-80(78-49-51-82(2,64-44-26-10-27-45-64)65-46-28-11-29-47-65)79-71-69(75-55-60-36-18-6-19-37-60)67(73-53-58-32-14-4-15-33-58)66(72-52-57-30-12-3-13-31-57)68(74-54-59-34-16-5-17-35-59)70(71)76-56-61-38-20-7-21-39-61/h3-47,66-71H,48-56H2,1-2H3/t66?,67-,68+,69-,70-,71?/m0/s1. The first-order valence-electron chi connectivity index (χ1n) is 28.7. The molecule has 0 aromatic heterocycles. The smallest absolute Gasteiger partial charge is 0.333 e. The fraction of sp³-hybridized carbons (Fsp3) is 0.239. The van der Waals surface area contributed by atoms with Gasteiger partial charge in [0.05, 0.1) is 46.2 Å². The van der Waals surface area contributed by atoms with E-state index < -0.39 is 61.4 Å². The summed E-state index contributed by atoms with van der Waals surface area (Å²) in [7, 11) is -6.87. The molecule has 8 nitrogen and oxygen atoms in total. The van der Waals surface area contributed by atoms with Crippen molar-refractivity contribution in [1.29, 1.82) is 0 Å². The Morgan fingerprint density at radius 3 is 0.683 bits per heavy atom. The molecule has 1 fully saturated rings. The zero-order chi connectivity index (χ0) is 56.1. The molecule has 0 spiro atoms. The van der Waals surface area contributed by atoms with E-state index in [1.165, 1.54) is 20.7 Å². The molecular formula is C71H75O8PSi2. The van der Waals surface area contributed by atoms with Gasteiger partial charge < -0.3 is 37.3 Å². The molecule has 9 aromatic rings. The van der Waals surface area contributed by atoms with Crippen LogP contribution in [-0.4, -0.2) is 66.0 Å². The minimum absolute atomic E-state index is 0.263. The van der Waals surface area contributed by atoms with Crippen molar-refractivity contribution >= 4 is 45.5 Å². The van der Waals surface area contributed by atoms with Crippen molar-refractivity contribution < 1.29 is 37.3 Å². The predicted octanol–water partition coefficient (Wildman–Crippen LogP) is 13.4. The third kappa shape index (κ3) is 15.8. The molecule has 0 bridgehead atoms. The summed E-state index contributed by atoms with van der Waals surface area (Å²) >= 11 is 0. The van der Waals surface area contributed by atoms with Crippen LogP contribution in [0.4, 0.5) is 0 Å². The van der Waals surface area contributed by atoms with Crippen LogP contribution >= 0.6 is 8.60 Å². The maximum absolute atomic E-state index is 7.71. The van der Waals surface area contributed by atoms with Crippen LogP contribution in [-0.2, 0) is 70.3 Å². The molecule has 1 saturated carbocycles. The van der Waals surface area contributed by atoms with Crippen molar-refractivity contribution in [1.82, 2.24) is 0 Å². The van der Waals surface area contributed by atoms with E-state index >= 15 is 0 Å². The average Bonchev–Trinajstić information content (AvgIpc) is 3.68. The van der Waals surface area contributed by atoms with Gasteiger partial charge in [-0.05, 0) is 39.9 Å². The number of hydrogen-bond donors (Lipinski definition) is 0. The van der Waals surface area contributed by atoms with E-state index in [0.717, 1.165) is 39.9 Å². The Hall–Kier alpha value is -6.48. The molecule has 0 saturated heterocycles. The lowest BCUT2D eigenvalue weighted by Gasteiger charge is -2.50. The second kappa shape index (κ2) is 30.2. The van der Waals surface area contributed by atoms with Gasteiger partial charge in [-0.2, -0.15) is 0 Å². The van der Waals surface area contributed by atoms with Crippen molar-refractivity contribution in [2.24, 2.45) is 0 Å². The number of rotatable bonds is 29. The summed E-state index contributed by atoms with van der Waals surface area (Å²) in [6.45, 7) is 7.01. The summed E-state index contributed by atoms with van der Waals surface area (Å²) in [5.74, 6) is 0. The third-order valence-corrected chi connectivity index (χ3v) is 25.9. The van der Waals surface area contributed by atoms with Gasteiger partial charge in [0.15, 0.2) is 0 Å². The molecule has 11 heteroatoms. The molecule has 6 atom stereocenters. The lowest BCUT2D eigenvalue weighted by molar-refractivity contribution is -0.279. The van der Waals surface area contributed by atoms with Crippen LogP contribution in [0, 0.1) is 0 Å². The summed E-state index contributed by atoms with van der Waals surface area (Å²) < 4.78 is 58.7. The number of ether oxygens (including phenoxy) is 5. The van der Waals surface area contributed by atoms with Crippen LogP contribution in [0.5, 0.6) is 0 Å². The predicted molar refractivity (Wildman–Crippen MR) is 336 cm³/mol. The lowest BCUT2D eigenvalue weighted by Crippen LogP contribution is -2.67. The van der Waals surface area contributed by atoms with Gasteiger partial charge in [0.2, 0.25) is 0 Å². The van der Waals surface area contributed by atoms with E-state index in [4.69, 9.17) is 37.3 Å². The van der Waals surface area contributed by atoms with E-state index in [-0.39, 0.29) is 26.4 Å². The van der Waals surface area contributed by atoms with E-state index in [0.29, 0.717) is 19.8 Å². The summed E-state index contributed by atoms with van der Waals surface area (Å²) in [6.07, 6.45) is -4.65. The zero-order valence-electron chi connectivity index (χ0n) is 47.0. The van der Waals surface area contributed by atoms with E-state index in [9.17, 15) is 0 Å². The van der Waals surface area contributed by atoms with Gasteiger partial charge in [0.25, 0.3) is 0 Å². The average molecular weight is 1140 g/mol. The quantitative estimate of drug-likeness (QED) is 0.0339. The molecule has 1 aliphatic carbocycles. The van der Waals surface area contributed by atoms with Gasteiger partial charge in [-0.15, -0.1) is 0 Å². The highest BCUT2D eigenvalue weighted by Crippen LogP contribution is 2.47. The molecule has 0 heterocycles. The summed E-state index contributed by atoms with van der Waals surface area (Å²) in [4.78, 5) is 0. The van der Waals surface area contributed by atoms with Gasteiger partial charge in [-0.25, -0.2) is 0 Å². The number of benzene rings is 9. The monoisotopic (exact) mass is 1140 g/mol. The third-order valence-electron chi connectivity index (χ3n) is 15.8. The molecule has 420 valence electrons. The van der Waals surface area contributed by atoms with Crippen molar-refractivity contribution in [3.05, 3.63) is 301 Å². The van der Waals surface area contributed by atoms with Crippen LogP contribution in [0.1, 0.15) is 27.8 Å². The normalized spacial score (nSPS) is 18.3. The highest BCUT2D eigenvalue weighted by atomic mass is 31.2. The fourth-order valence-electron chi connectivity index (χ4n) is 11.0. The van der Waals surface area contributed by atoms with E-state index in [1.807, 2.05) is 91.0 Å².